The fourth-order valence-electron chi connectivity index (χ4n) is 2.05. The SMILES string of the molecule is COc1ccc(C)cc1COC(=O)c1ccc(N)c(C)c1. The number of esters is 1. The van der Waals surface area contributed by atoms with Gasteiger partial charge in [-0.15, -0.1) is 0 Å². The first kappa shape index (κ1) is 14.9. The maximum Gasteiger partial charge on any atom is 0.338 e. The van der Waals surface area contributed by atoms with E-state index in [1.807, 2.05) is 32.0 Å². The van der Waals surface area contributed by atoms with Gasteiger partial charge in [-0.1, -0.05) is 11.6 Å². The van der Waals surface area contributed by atoms with Gasteiger partial charge in [0.25, 0.3) is 0 Å². The third-order valence-electron chi connectivity index (χ3n) is 3.30. The minimum absolute atomic E-state index is 0.174. The van der Waals surface area contributed by atoms with Crippen LogP contribution < -0.4 is 10.5 Å². The molecule has 2 N–H and O–H groups in total. The van der Waals surface area contributed by atoms with E-state index in [4.69, 9.17) is 15.2 Å². The number of hydrogen-bond donors (Lipinski definition) is 1. The van der Waals surface area contributed by atoms with Crippen LogP contribution in [0.15, 0.2) is 36.4 Å². The van der Waals surface area contributed by atoms with E-state index < -0.39 is 0 Å². The van der Waals surface area contributed by atoms with E-state index in [-0.39, 0.29) is 12.6 Å². The van der Waals surface area contributed by atoms with Crippen molar-refractivity contribution in [2.75, 3.05) is 12.8 Å². The first-order valence-corrected chi connectivity index (χ1v) is 6.68. The molecule has 0 unspecified atom stereocenters. The highest BCUT2D eigenvalue weighted by Gasteiger charge is 2.11. The van der Waals surface area contributed by atoms with Crippen LogP contribution in [0.5, 0.6) is 5.75 Å². The third-order valence-corrected chi connectivity index (χ3v) is 3.30. The Morgan fingerprint density at radius 1 is 1.14 bits per heavy atom. The summed E-state index contributed by atoms with van der Waals surface area (Å²) in [5.74, 6) is 0.337. The highest BCUT2D eigenvalue weighted by Crippen LogP contribution is 2.21. The standard InChI is InChI=1S/C17H19NO3/c1-11-4-7-16(20-3)14(8-11)10-21-17(19)13-5-6-15(18)12(2)9-13/h4-9H,10,18H2,1-3H3. The van der Waals surface area contributed by atoms with Crippen molar-refractivity contribution in [3.05, 3.63) is 58.7 Å². The molecule has 0 heterocycles. The molecule has 0 aromatic heterocycles. The molecule has 4 heteroatoms. The van der Waals surface area contributed by atoms with Gasteiger partial charge in [0.05, 0.1) is 12.7 Å². The predicted octanol–water partition coefficient (Wildman–Crippen LogP) is 3.25. The number of nitrogens with two attached hydrogens (primary N) is 1. The van der Waals surface area contributed by atoms with E-state index in [0.29, 0.717) is 17.0 Å². The van der Waals surface area contributed by atoms with Gasteiger partial charge in [-0.05, 0) is 49.7 Å². The summed E-state index contributed by atoms with van der Waals surface area (Å²) in [7, 11) is 1.60. The van der Waals surface area contributed by atoms with E-state index in [9.17, 15) is 4.79 Å². The highest BCUT2D eigenvalue weighted by molar-refractivity contribution is 5.90. The Kier molecular flexibility index (Phi) is 4.48. The van der Waals surface area contributed by atoms with Crippen molar-refractivity contribution in [1.29, 1.82) is 0 Å². The second-order valence-corrected chi connectivity index (χ2v) is 4.96. The number of hydrogen-bond acceptors (Lipinski definition) is 4. The molecule has 0 fully saturated rings. The Morgan fingerprint density at radius 3 is 2.57 bits per heavy atom. The van der Waals surface area contributed by atoms with Gasteiger partial charge in [-0.3, -0.25) is 0 Å². The number of rotatable bonds is 4. The van der Waals surface area contributed by atoms with Crippen molar-refractivity contribution in [3.63, 3.8) is 0 Å². The molecule has 0 atom stereocenters. The zero-order valence-electron chi connectivity index (χ0n) is 12.5. The molecule has 0 aliphatic rings. The average Bonchev–Trinajstić information content (AvgIpc) is 2.47. The molecule has 2 rings (SSSR count). The number of aryl methyl sites for hydroxylation is 2. The normalized spacial score (nSPS) is 10.2. The fourth-order valence-corrected chi connectivity index (χ4v) is 2.05. The molecule has 0 amide bonds. The summed E-state index contributed by atoms with van der Waals surface area (Å²) in [5, 5.41) is 0. The molecule has 0 spiro atoms. The monoisotopic (exact) mass is 285 g/mol. The van der Waals surface area contributed by atoms with Crippen LogP contribution in [-0.2, 0) is 11.3 Å². The zero-order valence-corrected chi connectivity index (χ0v) is 12.5. The van der Waals surface area contributed by atoms with E-state index in [2.05, 4.69) is 0 Å². The van der Waals surface area contributed by atoms with E-state index in [0.717, 1.165) is 16.7 Å². The topological polar surface area (TPSA) is 61.5 Å². The maximum atomic E-state index is 12.1. The number of ether oxygens (including phenoxy) is 2. The van der Waals surface area contributed by atoms with E-state index in [1.165, 1.54) is 0 Å². The molecular weight excluding hydrogens is 266 g/mol. The molecule has 4 nitrogen and oxygen atoms in total. The minimum Gasteiger partial charge on any atom is -0.496 e. The lowest BCUT2D eigenvalue weighted by Crippen LogP contribution is -2.07. The zero-order chi connectivity index (χ0) is 15.4. The number of benzene rings is 2. The first-order chi connectivity index (χ1) is 10.0. The van der Waals surface area contributed by atoms with Gasteiger partial charge in [0.1, 0.15) is 12.4 Å². The van der Waals surface area contributed by atoms with Gasteiger partial charge in [-0.25, -0.2) is 4.79 Å². The number of carbonyl (C=O) groups excluding carboxylic acids is 1. The number of anilines is 1. The number of methoxy groups -OCH3 is 1. The lowest BCUT2D eigenvalue weighted by molar-refractivity contribution is 0.0470. The molecule has 0 saturated carbocycles. The molecule has 0 aliphatic heterocycles. The minimum atomic E-state index is -0.373. The first-order valence-electron chi connectivity index (χ1n) is 6.68. The lowest BCUT2D eigenvalue weighted by Gasteiger charge is -2.11. The van der Waals surface area contributed by atoms with Crippen molar-refractivity contribution in [2.24, 2.45) is 0 Å². The summed E-state index contributed by atoms with van der Waals surface area (Å²) in [6.45, 7) is 4.01. The Labute approximate surface area is 124 Å². The molecule has 2 aromatic rings. The average molecular weight is 285 g/mol. The summed E-state index contributed by atoms with van der Waals surface area (Å²) < 4.78 is 10.6. The van der Waals surface area contributed by atoms with Crippen LogP contribution in [0.4, 0.5) is 5.69 Å². The van der Waals surface area contributed by atoms with Crippen LogP contribution in [0.2, 0.25) is 0 Å². The fraction of sp³-hybridized carbons (Fsp3) is 0.235. The Morgan fingerprint density at radius 2 is 1.90 bits per heavy atom. The van der Waals surface area contributed by atoms with Crippen molar-refractivity contribution in [3.8, 4) is 5.75 Å². The van der Waals surface area contributed by atoms with Crippen LogP contribution in [0.25, 0.3) is 0 Å². The third kappa shape index (κ3) is 3.54. The molecule has 0 radical (unpaired) electrons. The van der Waals surface area contributed by atoms with E-state index >= 15 is 0 Å². The number of nitrogen functional groups attached to an aromatic ring is 1. The molecule has 2 aromatic carbocycles. The van der Waals surface area contributed by atoms with Crippen molar-refractivity contribution >= 4 is 11.7 Å². The van der Waals surface area contributed by atoms with Gasteiger partial charge < -0.3 is 15.2 Å². The largest absolute Gasteiger partial charge is 0.496 e. The Bertz CT molecular complexity index is 665. The van der Waals surface area contributed by atoms with Crippen LogP contribution in [0.1, 0.15) is 27.0 Å². The van der Waals surface area contributed by atoms with Crippen molar-refractivity contribution in [2.45, 2.75) is 20.5 Å². The lowest BCUT2D eigenvalue weighted by atomic mass is 10.1. The predicted molar refractivity (Wildman–Crippen MR) is 82.4 cm³/mol. The molecule has 110 valence electrons. The molecule has 0 saturated heterocycles. The summed E-state index contributed by atoms with van der Waals surface area (Å²) in [6.07, 6.45) is 0. The van der Waals surface area contributed by atoms with Gasteiger partial charge >= 0.3 is 5.97 Å². The summed E-state index contributed by atoms with van der Waals surface area (Å²) >= 11 is 0. The van der Waals surface area contributed by atoms with Crippen LogP contribution in [0.3, 0.4) is 0 Å². The van der Waals surface area contributed by atoms with E-state index in [1.54, 1.807) is 25.3 Å². The highest BCUT2D eigenvalue weighted by atomic mass is 16.5. The second-order valence-electron chi connectivity index (χ2n) is 4.96. The van der Waals surface area contributed by atoms with Gasteiger partial charge in [0, 0.05) is 11.3 Å². The van der Waals surface area contributed by atoms with Crippen molar-refractivity contribution in [1.82, 2.24) is 0 Å². The van der Waals surface area contributed by atoms with Crippen LogP contribution >= 0.6 is 0 Å². The van der Waals surface area contributed by atoms with Gasteiger partial charge in [-0.2, -0.15) is 0 Å². The molecular formula is C17H19NO3. The summed E-state index contributed by atoms with van der Waals surface area (Å²) in [6, 6.07) is 10.9. The maximum absolute atomic E-state index is 12.1. The Balaban J connectivity index is 2.10. The summed E-state index contributed by atoms with van der Waals surface area (Å²) in [5.41, 5.74) is 9.69. The molecule has 0 bridgehead atoms. The van der Waals surface area contributed by atoms with Gasteiger partial charge in [0.2, 0.25) is 0 Å². The van der Waals surface area contributed by atoms with Crippen LogP contribution in [0, 0.1) is 13.8 Å². The Hall–Kier alpha value is -2.49. The summed E-state index contributed by atoms with van der Waals surface area (Å²) in [4.78, 5) is 12.1. The van der Waals surface area contributed by atoms with Gasteiger partial charge in [0.15, 0.2) is 0 Å². The number of carbonyl (C=O) groups is 1. The molecule has 0 aliphatic carbocycles. The second kappa shape index (κ2) is 6.31. The quantitative estimate of drug-likeness (QED) is 0.692. The van der Waals surface area contributed by atoms with Crippen molar-refractivity contribution < 1.29 is 14.3 Å². The smallest absolute Gasteiger partial charge is 0.338 e. The molecule has 21 heavy (non-hydrogen) atoms. The van der Waals surface area contributed by atoms with Crippen LogP contribution in [-0.4, -0.2) is 13.1 Å².